The largest absolute Gasteiger partial charge is 0.330 e. The molecule has 0 amide bonds. The highest BCUT2D eigenvalue weighted by atomic mass is 32.2. The first-order valence-corrected chi connectivity index (χ1v) is 10.2. The SMILES string of the molecule is Cc1ccc(Nc2nnc(SCc3cc(=O)n4cccc(C)c4n3)s2)cc1. The zero-order valence-corrected chi connectivity index (χ0v) is 16.5. The van der Waals surface area contributed by atoms with E-state index < -0.39 is 0 Å². The van der Waals surface area contributed by atoms with E-state index in [1.165, 1.54) is 28.7 Å². The van der Waals surface area contributed by atoms with Gasteiger partial charge in [0.1, 0.15) is 5.65 Å². The number of pyridine rings is 1. The second-order valence-corrected chi connectivity index (χ2v) is 8.32. The van der Waals surface area contributed by atoms with E-state index >= 15 is 0 Å². The Morgan fingerprint density at radius 3 is 2.78 bits per heavy atom. The van der Waals surface area contributed by atoms with Crippen LogP contribution >= 0.6 is 23.1 Å². The van der Waals surface area contributed by atoms with Gasteiger partial charge in [0.15, 0.2) is 4.34 Å². The fourth-order valence-corrected chi connectivity index (χ4v) is 4.26. The average Bonchev–Trinajstić information content (AvgIpc) is 3.10. The quantitative estimate of drug-likeness (QED) is 0.511. The lowest BCUT2D eigenvalue weighted by Crippen LogP contribution is -2.15. The van der Waals surface area contributed by atoms with E-state index in [9.17, 15) is 4.79 Å². The molecule has 27 heavy (non-hydrogen) atoms. The Kier molecular flexibility index (Phi) is 4.91. The Morgan fingerprint density at radius 1 is 1.15 bits per heavy atom. The molecule has 0 fully saturated rings. The van der Waals surface area contributed by atoms with Crippen LogP contribution < -0.4 is 10.9 Å². The van der Waals surface area contributed by atoms with Crippen molar-refractivity contribution in [3.63, 3.8) is 0 Å². The van der Waals surface area contributed by atoms with E-state index in [-0.39, 0.29) is 5.56 Å². The molecular formula is C19H17N5OS2. The smallest absolute Gasteiger partial charge is 0.258 e. The lowest BCUT2D eigenvalue weighted by Gasteiger charge is -2.05. The molecule has 0 radical (unpaired) electrons. The summed E-state index contributed by atoms with van der Waals surface area (Å²) < 4.78 is 2.40. The number of fused-ring (bicyclic) bond motifs is 1. The molecule has 6 nitrogen and oxygen atoms in total. The third-order valence-corrected chi connectivity index (χ3v) is 6.00. The first-order valence-electron chi connectivity index (χ1n) is 8.36. The van der Waals surface area contributed by atoms with E-state index in [0.717, 1.165) is 26.4 Å². The van der Waals surface area contributed by atoms with Crippen LogP contribution in [0.1, 0.15) is 16.8 Å². The maximum Gasteiger partial charge on any atom is 0.258 e. The van der Waals surface area contributed by atoms with Gasteiger partial charge < -0.3 is 5.32 Å². The topological polar surface area (TPSA) is 72.2 Å². The number of benzene rings is 1. The average molecular weight is 396 g/mol. The Hall–Kier alpha value is -2.71. The molecule has 0 aliphatic rings. The Balaban J connectivity index is 1.47. The van der Waals surface area contributed by atoms with Gasteiger partial charge in [0.05, 0.1) is 5.69 Å². The molecule has 1 N–H and O–H groups in total. The second-order valence-electron chi connectivity index (χ2n) is 6.12. The lowest BCUT2D eigenvalue weighted by atomic mass is 10.2. The van der Waals surface area contributed by atoms with Gasteiger partial charge >= 0.3 is 0 Å². The lowest BCUT2D eigenvalue weighted by molar-refractivity contribution is 0.994. The summed E-state index contributed by atoms with van der Waals surface area (Å²) in [4.78, 5) is 16.9. The van der Waals surface area contributed by atoms with Crippen LogP contribution in [0.2, 0.25) is 0 Å². The molecule has 0 saturated heterocycles. The van der Waals surface area contributed by atoms with Gasteiger partial charge in [-0.15, -0.1) is 10.2 Å². The van der Waals surface area contributed by atoms with Crippen molar-refractivity contribution in [1.29, 1.82) is 0 Å². The molecule has 4 aromatic rings. The number of anilines is 2. The van der Waals surface area contributed by atoms with E-state index in [4.69, 9.17) is 0 Å². The molecule has 136 valence electrons. The van der Waals surface area contributed by atoms with E-state index in [2.05, 4.69) is 27.4 Å². The maximum atomic E-state index is 12.3. The van der Waals surface area contributed by atoms with Gasteiger partial charge in [-0.2, -0.15) is 0 Å². The number of nitrogens with zero attached hydrogens (tertiary/aromatic N) is 4. The number of nitrogens with one attached hydrogen (secondary N) is 1. The number of aryl methyl sites for hydroxylation is 2. The molecule has 3 heterocycles. The summed E-state index contributed by atoms with van der Waals surface area (Å²) in [6.07, 6.45) is 1.74. The first-order chi connectivity index (χ1) is 13.1. The highest BCUT2D eigenvalue weighted by Crippen LogP contribution is 2.29. The van der Waals surface area contributed by atoms with Gasteiger partial charge in [0.2, 0.25) is 5.13 Å². The van der Waals surface area contributed by atoms with Crippen LogP contribution in [0.25, 0.3) is 5.65 Å². The third kappa shape index (κ3) is 4.01. The summed E-state index contributed by atoms with van der Waals surface area (Å²) in [5, 5.41) is 12.4. The minimum Gasteiger partial charge on any atom is -0.330 e. The molecule has 0 bridgehead atoms. The number of hydrogen-bond acceptors (Lipinski definition) is 7. The summed E-state index contributed by atoms with van der Waals surface area (Å²) in [6.45, 7) is 4.00. The van der Waals surface area contributed by atoms with Gasteiger partial charge in [0, 0.05) is 23.7 Å². The van der Waals surface area contributed by atoms with Crippen LogP contribution in [0.5, 0.6) is 0 Å². The van der Waals surface area contributed by atoms with Gasteiger partial charge in [-0.3, -0.25) is 9.20 Å². The fourth-order valence-electron chi connectivity index (χ4n) is 2.60. The summed E-state index contributed by atoms with van der Waals surface area (Å²) >= 11 is 3.01. The van der Waals surface area contributed by atoms with E-state index in [1.807, 2.05) is 43.3 Å². The fraction of sp³-hybridized carbons (Fsp3) is 0.158. The van der Waals surface area contributed by atoms with Crippen molar-refractivity contribution in [3.05, 3.63) is 75.8 Å². The number of aromatic nitrogens is 4. The molecule has 0 aliphatic carbocycles. The minimum absolute atomic E-state index is 0.0710. The van der Waals surface area contributed by atoms with Crippen molar-refractivity contribution < 1.29 is 0 Å². The minimum atomic E-state index is -0.0710. The van der Waals surface area contributed by atoms with Gasteiger partial charge in [-0.1, -0.05) is 46.9 Å². The predicted octanol–water partition coefficient (Wildman–Crippen LogP) is 4.20. The van der Waals surface area contributed by atoms with E-state index in [0.29, 0.717) is 11.4 Å². The first kappa shape index (κ1) is 17.7. The highest BCUT2D eigenvalue weighted by molar-refractivity contribution is 8.00. The van der Waals surface area contributed by atoms with Crippen molar-refractivity contribution in [2.75, 3.05) is 5.32 Å². The second kappa shape index (κ2) is 7.50. The molecular weight excluding hydrogens is 378 g/mol. The standard InChI is InChI=1S/C19H17N5OS2/c1-12-5-7-14(8-6-12)21-18-22-23-19(27-18)26-11-15-10-16(25)24-9-3-4-13(2)17(24)20-15/h3-10H,11H2,1-2H3,(H,21,22). The predicted molar refractivity (Wildman–Crippen MR) is 110 cm³/mol. The van der Waals surface area contributed by atoms with Crippen molar-refractivity contribution in [2.24, 2.45) is 0 Å². The summed E-state index contributed by atoms with van der Waals surface area (Å²) in [6, 6.07) is 13.5. The van der Waals surface area contributed by atoms with Crippen molar-refractivity contribution in [1.82, 2.24) is 19.6 Å². The van der Waals surface area contributed by atoms with Gasteiger partial charge in [-0.25, -0.2) is 4.98 Å². The van der Waals surface area contributed by atoms with Gasteiger partial charge in [-0.05, 0) is 37.6 Å². The summed E-state index contributed by atoms with van der Waals surface area (Å²) in [5.74, 6) is 0.569. The normalized spacial score (nSPS) is 11.0. The molecule has 0 spiro atoms. The molecule has 0 saturated carbocycles. The van der Waals surface area contributed by atoms with Gasteiger partial charge in [0.25, 0.3) is 5.56 Å². The molecule has 0 atom stereocenters. The number of hydrogen-bond donors (Lipinski definition) is 1. The highest BCUT2D eigenvalue weighted by Gasteiger charge is 2.09. The molecule has 8 heteroatoms. The van der Waals surface area contributed by atoms with Crippen LogP contribution in [-0.2, 0) is 5.75 Å². The van der Waals surface area contributed by atoms with Crippen molar-refractivity contribution >= 4 is 39.6 Å². The molecule has 1 aromatic carbocycles. The Bertz CT molecular complexity index is 1150. The van der Waals surface area contributed by atoms with Crippen LogP contribution in [0.4, 0.5) is 10.8 Å². The van der Waals surface area contributed by atoms with Crippen LogP contribution in [0.3, 0.4) is 0 Å². The zero-order valence-electron chi connectivity index (χ0n) is 14.8. The summed E-state index contributed by atoms with van der Waals surface area (Å²) in [7, 11) is 0. The van der Waals surface area contributed by atoms with Crippen LogP contribution in [0, 0.1) is 13.8 Å². The molecule has 3 aromatic heterocycles. The number of thioether (sulfide) groups is 1. The van der Waals surface area contributed by atoms with Crippen LogP contribution in [-0.4, -0.2) is 19.6 Å². The Morgan fingerprint density at radius 2 is 1.96 bits per heavy atom. The van der Waals surface area contributed by atoms with Crippen molar-refractivity contribution in [2.45, 2.75) is 23.9 Å². The maximum absolute atomic E-state index is 12.3. The Labute approximate surface area is 164 Å². The van der Waals surface area contributed by atoms with Crippen molar-refractivity contribution in [3.8, 4) is 0 Å². The molecule has 0 aliphatic heterocycles. The monoisotopic (exact) mass is 395 g/mol. The third-order valence-electron chi connectivity index (χ3n) is 3.99. The van der Waals surface area contributed by atoms with E-state index in [1.54, 1.807) is 16.7 Å². The van der Waals surface area contributed by atoms with Crippen LogP contribution in [0.15, 0.2) is 57.8 Å². The molecule has 0 unspecified atom stereocenters. The molecule has 4 rings (SSSR count). The summed E-state index contributed by atoms with van der Waals surface area (Å²) in [5.41, 5.74) is 4.53. The zero-order chi connectivity index (χ0) is 18.8. The number of rotatable bonds is 5.